The highest BCUT2D eigenvalue weighted by Gasteiger charge is 2.22. The third-order valence-electron chi connectivity index (χ3n) is 4.89. The minimum absolute atomic E-state index is 0. The number of rotatable bonds is 4. The first-order chi connectivity index (χ1) is 11.9. The van der Waals surface area contributed by atoms with Crippen LogP contribution in [0.25, 0.3) is 0 Å². The fourth-order valence-corrected chi connectivity index (χ4v) is 3.48. The Morgan fingerprint density at radius 3 is 1.72 bits per heavy atom. The molecular weight excluding hydrogens is 344 g/mol. The van der Waals surface area contributed by atoms with Gasteiger partial charge in [0.15, 0.2) is 0 Å². The molecule has 4 rings (SSSR count). The van der Waals surface area contributed by atoms with Gasteiger partial charge in [-0.2, -0.15) is 15.0 Å². The quantitative estimate of drug-likeness (QED) is 0.850. The van der Waals surface area contributed by atoms with Gasteiger partial charge in [-0.15, -0.1) is 12.4 Å². The van der Waals surface area contributed by atoms with Crippen molar-refractivity contribution < 1.29 is 9.47 Å². The Morgan fingerprint density at radius 1 is 0.760 bits per heavy atom. The fourth-order valence-electron chi connectivity index (χ4n) is 3.48. The summed E-state index contributed by atoms with van der Waals surface area (Å²) in [5, 5.41) is 3.52. The molecule has 0 radical (unpaired) electrons. The van der Waals surface area contributed by atoms with Gasteiger partial charge in [0.25, 0.3) is 0 Å². The largest absolute Gasteiger partial charge is 0.378 e. The predicted octanol–water partition coefficient (Wildman–Crippen LogP) is 1.32. The zero-order valence-electron chi connectivity index (χ0n) is 14.5. The van der Waals surface area contributed by atoms with E-state index in [4.69, 9.17) is 24.4 Å². The van der Waals surface area contributed by atoms with Gasteiger partial charge in [-0.05, 0) is 12.8 Å². The second kappa shape index (κ2) is 8.82. The average molecular weight is 371 g/mol. The van der Waals surface area contributed by atoms with E-state index in [1.54, 1.807) is 0 Å². The van der Waals surface area contributed by atoms with Crippen LogP contribution in [-0.4, -0.2) is 73.6 Å². The van der Waals surface area contributed by atoms with Crippen LogP contribution in [0.3, 0.4) is 0 Å². The lowest BCUT2D eigenvalue weighted by atomic mass is 10.2. The summed E-state index contributed by atoms with van der Waals surface area (Å²) < 4.78 is 10.9. The molecule has 0 bridgehead atoms. The van der Waals surface area contributed by atoms with Crippen LogP contribution in [0.15, 0.2) is 0 Å². The standard InChI is InChI=1S/C16H26N6O2.ClH/c1-2-4-13(3-1)17-14-18-15(21-5-9-23-10-6-21)20-16(19-14)22-7-11-24-12-8-22;/h13H,1-12H2,(H,17,18,19,20);1H. The molecule has 2 aliphatic heterocycles. The van der Waals surface area contributed by atoms with E-state index in [0.717, 1.165) is 64.5 Å². The Bertz CT molecular complexity index is 509. The number of aromatic nitrogens is 3. The molecule has 1 saturated carbocycles. The van der Waals surface area contributed by atoms with E-state index in [2.05, 4.69) is 15.1 Å². The lowest BCUT2D eigenvalue weighted by Crippen LogP contribution is -2.40. The van der Waals surface area contributed by atoms with Gasteiger partial charge in [-0.1, -0.05) is 12.8 Å². The summed E-state index contributed by atoms with van der Waals surface area (Å²) in [5.74, 6) is 2.23. The van der Waals surface area contributed by atoms with Gasteiger partial charge < -0.3 is 24.6 Å². The van der Waals surface area contributed by atoms with Crippen LogP contribution in [0.4, 0.5) is 17.8 Å². The topological polar surface area (TPSA) is 75.6 Å². The molecule has 1 aromatic heterocycles. The fraction of sp³-hybridized carbons (Fsp3) is 0.812. The van der Waals surface area contributed by atoms with Crippen LogP contribution in [-0.2, 0) is 9.47 Å². The van der Waals surface area contributed by atoms with E-state index in [-0.39, 0.29) is 12.4 Å². The minimum Gasteiger partial charge on any atom is -0.378 e. The molecule has 2 saturated heterocycles. The maximum absolute atomic E-state index is 5.45. The first-order valence-corrected chi connectivity index (χ1v) is 9.06. The smallest absolute Gasteiger partial charge is 0.232 e. The van der Waals surface area contributed by atoms with Crippen LogP contribution in [0.5, 0.6) is 0 Å². The summed E-state index contributed by atoms with van der Waals surface area (Å²) in [5.41, 5.74) is 0. The summed E-state index contributed by atoms with van der Waals surface area (Å²) >= 11 is 0. The Balaban J connectivity index is 0.00000182. The van der Waals surface area contributed by atoms with Crippen molar-refractivity contribution in [2.24, 2.45) is 0 Å². The number of hydrogen-bond donors (Lipinski definition) is 1. The average Bonchev–Trinajstić information content (AvgIpc) is 3.16. The molecule has 25 heavy (non-hydrogen) atoms. The highest BCUT2D eigenvalue weighted by atomic mass is 35.5. The first kappa shape index (κ1) is 18.4. The van der Waals surface area contributed by atoms with Crippen molar-refractivity contribution in [2.45, 2.75) is 31.7 Å². The van der Waals surface area contributed by atoms with E-state index >= 15 is 0 Å². The zero-order valence-corrected chi connectivity index (χ0v) is 15.3. The maximum atomic E-state index is 5.45. The molecule has 140 valence electrons. The van der Waals surface area contributed by atoms with Gasteiger partial charge in [0.2, 0.25) is 17.8 Å². The van der Waals surface area contributed by atoms with Crippen molar-refractivity contribution in [3.63, 3.8) is 0 Å². The third-order valence-corrected chi connectivity index (χ3v) is 4.89. The van der Waals surface area contributed by atoms with Crippen molar-refractivity contribution in [1.29, 1.82) is 0 Å². The van der Waals surface area contributed by atoms with Crippen LogP contribution >= 0.6 is 12.4 Å². The summed E-state index contributed by atoms with van der Waals surface area (Å²) in [6, 6.07) is 0.488. The number of hydrogen-bond acceptors (Lipinski definition) is 8. The summed E-state index contributed by atoms with van der Waals surface area (Å²) in [6.07, 6.45) is 4.97. The molecule has 0 atom stereocenters. The third kappa shape index (κ3) is 4.62. The Labute approximate surface area is 154 Å². The number of morpholine rings is 2. The number of nitrogens with one attached hydrogen (secondary N) is 1. The van der Waals surface area contributed by atoms with Gasteiger partial charge >= 0.3 is 0 Å². The highest BCUT2D eigenvalue weighted by Crippen LogP contribution is 2.23. The molecule has 0 spiro atoms. The van der Waals surface area contributed by atoms with Crippen molar-refractivity contribution in [3.05, 3.63) is 0 Å². The van der Waals surface area contributed by atoms with Crippen LogP contribution in [0.2, 0.25) is 0 Å². The first-order valence-electron chi connectivity index (χ1n) is 9.06. The zero-order chi connectivity index (χ0) is 16.2. The minimum atomic E-state index is 0. The van der Waals surface area contributed by atoms with E-state index in [1.165, 1.54) is 25.7 Å². The number of nitrogens with zero attached hydrogens (tertiary/aromatic N) is 5. The van der Waals surface area contributed by atoms with Crippen LogP contribution in [0, 0.1) is 0 Å². The normalized spacial score (nSPS) is 21.9. The van der Waals surface area contributed by atoms with E-state index in [9.17, 15) is 0 Å². The lowest BCUT2D eigenvalue weighted by molar-refractivity contribution is 0.121. The second-order valence-electron chi connectivity index (χ2n) is 6.58. The van der Waals surface area contributed by atoms with Gasteiger partial charge in [0.05, 0.1) is 26.4 Å². The second-order valence-corrected chi connectivity index (χ2v) is 6.58. The van der Waals surface area contributed by atoms with Crippen LogP contribution in [0.1, 0.15) is 25.7 Å². The Morgan fingerprint density at radius 2 is 1.24 bits per heavy atom. The molecule has 9 heteroatoms. The lowest BCUT2D eigenvalue weighted by Gasteiger charge is -2.30. The molecule has 3 aliphatic rings. The number of halogens is 1. The molecule has 3 fully saturated rings. The Hall–Kier alpha value is -1.38. The van der Waals surface area contributed by atoms with E-state index in [0.29, 0.717) is 12.0 Å². The molecule has 1 aromatic rings. The summed E-state index contributed by atoms with van der Waals surface area (Å²) in [6.45, 7) is 6.22. The molecular formula is C16H27ClN6O2. The van der Waals surface area contributed by atoms with E-state index in [1.807, 2.05) is 0 Å². The molecule has 3 heterocycles. The monoisotopic (exact) mass is 370 g/mol. The van der Waals surface area contributed by atoms with E-state index < -0.39 is 0 Å². The van der Waals surface area contributed by atoms with Crippen molar-refractivity contribution in [2.75, 3.05) is 67.7 Å². The highest BCUT2D eigenvalue weighted by molar-refractivity contribution is 5.85. The van der Waals surface area contributed by atoms with Gasteiger partial charge in [0.1, 0.15) is 0 Å². The van der Waals surface area contributed by atoms with Gasteiger partial charge in [0, 0.05) is 32.2 Å². The SMILES string of the molecule is C1CCC(Nc2nc(N3CCOCC3)nc(N3CCOCC3)n2)C1.Cl. The number of anilines is 3. The summed E-state index contributed by atoms with van der Waals surface area (Å²) in [4.78, 5) is 18.5. The molecule has 0 amide bonds. The molecule has 0 aromatic carbocycles. The Kier molecular flexibility index (Phi) is 6.50. The molecule has 8 nitrogen and oxygen atoms in total. The van der Waals surface area contributed by atoms with Gasteiger partial charge in [-0.3, -0.25) is 0 Å². The van der Waals surface area contributed by atoms with Crippen molar-refractivity contribution >= 4 is 30.3 Å². The molecule has 1 N–H and O–H groups in total. The predicted molar refractivity (Wildman–Crippen MR) is 99.0 cm³/mol. The van der Waals surface area contributed by atoms with Crippen molar-refractivity contribution in [3.8, 4) is 0 Å². The molecule has 0 unspecified atom stereocenters. The van der Waals surface area contributed by atoms with Crippen LogP contribution < -0.4 is 15.1 Å². The maximum Gasteiger partial charge on any atom is 0.232 e. The molecule has 1 aliphatic carbocycles. The number of ether oxygens (including phenoxy) is 2. The summed E-state index contributed by atoms with van der Waals surface area (Å²) in [7, 11) is 0. The van der Waals surface area contributed by atoms with Gasteiger partial charge in [-0.25, -0.2) is 0 Å². The van der Waals surface area contributed by atoms with Crippen molar-refractivity contribution in [1.82, 2.24) is 15.0 Å².